The molecule has 2 rings (SSSR count). The van der Waals surface area contributed by atoms with Crippen LogP contribution in [0.4, 0.5) is 5.69 Å². The fourth-order valence-electron chi connectivity index (χ4n) is 2.95. The van der Waals surface area contributed by atoms with E-state index in [0.29, 0.717) is 29.7 Å². The van der Waals surface area contributed by atoms with E-state index in [2.05, 4.69) is 11.1 Å². The van der Waals surface area contributed by atoms with Gasteiger partial charge in [-0.15, -0.1) is 0 Å². The topological polar surface area (TPSA) is 96.9 Å². The van der Waals surface area contributed by atoms with Gasteiger partial charge in [-0.1, -0.05) is 6.42 Å². The molecule has 1 saturated carbocycles. The number of nitrogens with zero attached hydrogens (tertiary/aromatic N) is 3. The SMILES string of the molecule is Cc1cnc(CC2(C#N)CCCCC2=O)c(C)c1[N+](=O)[O-]. The lowest BCUT2D eigenvalue weighted by molar-refractivity contribution is -0.386. The van der Waals surface area contributed by atoms with Crippen molar-refractivity contribution < 1.29 is 9.72 Å². The van der Waals surface area contributed by atoms with Gasteiger partial charge in [0.05, 0.1) is 16.7 Å². The molecule has 0 spiro atoms. The molecule has 21 heavy (non-hydrogen) atoms. The zero-order valence-corrected chi connectivity index (χ0v) is 12.2. The fraction of sp³-hybridized carbons (Fsp3) is 0.533. The van der Waals surface area contributed by atoms with E-state index in [4.69, 9.17) is 0 Å². The van der Waals surface area contributed by atoms with Gasteiger partial charge in [0.2, 0.25) is 0 Å². The van der Waals surface area contributed by atoms with E-state index in [9.17, 15) is 20.2 Å². The van der Waals surface area contributed by atoms with Gasteiger partial charge < -0.3 is 0 Å². The quantitative estimate of drug-likeness (QED) is 0.629. The van der Waals surface area contributed by atoms with Crippen LogP contribution in [0.15, 0.2) is 6.20 Å². The number of carbonyl (C=O) groups is 1. The Morgan fingerprint density at radius 1 is 1.48 bits per heavy atom. The lowest BCUT2D eigenvalue weighted by Gasteiger charge is -2.29. The van der Waals surface area contributed by atoms with Crippen molar-refractivity contribution in [1.29, 1.82) is 5.26 Å². The lowest BCUT2D eigenvalue weighted by Crippen LogP contribution is -2.35. The average molecular weight is 287 g/mol. The average Bonchev–Trinajstić information content (AvgIpc) is 2.44. The summed E-state index contributed by atoms with van der Waals surface area (Å²) in [7, 11) is 0. The third-order valence-electron chi connectivity index (χ3n) is 4.23. The first-order chi connectivity index (χ1) is 9.91. The number of rotatable bonds is 3. The van der Waals surface area contributed by atoms with E-state index in [-0.39, 0.29) is 17.9 Å². The first-order valence-electron chi connectivity index (χ1n) is 6.95. The predicted octanol–water partition coefficient (Wildman–Crippen LogP) is 2.80. The van der Waals surface area contributed by atoms with Crippen LogP contribution in [-0.2, 0) is 11.2 Å². The van der Waals surface area contributed by atoms with E-state index in [1.54, 1.807) is 13.8 Å². The van der Waals surface area contributed by atoms with Crippen LogP contribution in [0.3, 0.4) is 0 Å². The number of aromatic nitrogens is 1. The van der Waals surface area contributed by atoms with Crippen LogP contribution in [0.5, 0.6) is 0 Å². The molecule has 1 aliphatic rings. The van der Waals surface area contributed by atoms with Crippen LogP contribution in [0.1, 0.15) is 42.5 Å². The number of Topliss-reactive ketones (excluding diaryl/α,β-unsaturated/α-hetero) is 1. The minimum atomic E-state index is -1.07. The molecule has 1 heterocycles. The van der Waals surface area contributed by atoms with E-state index < -0.39 is 10.3 Å². The summed E-state index contributed by atoms with van der Waals surface area (Å²) in [6.07, 6.45) is 4.15. The van der Waals surface area contributed by atoms with E-state index in [0.717, 1.165) is 12.8 Å². The zero-order valence-electron chi connectivity index (χ0n) is 12.2. The number of nitriles is 1. The van der Waals surface area contributed by atoms with Gasteiger partial charge >= 0.3 is 0 Å². The number of aryl methyl sites for hydroxylation is 1. The molecule has 1 aliphatic carbocycles. The molecule has 1 unspecified atom stereocenters. The van der Waals surface area contributed by atoms with E-state index >= 15 is 0 Å². The molecule has 6 nitrogen and oxygen atoms in total. The maximum Gasteiger partial charge on any atom is 0.278 e. The Labute approximate surface area is 123 Å². The van der Waals surface area contributed by atoms with Crippen LogP contribution in [0.25, 0.3) is 0 Å². The predicted molar refractivity (Wildman–Crippen MR) is 75.6 cm³/mol. The Hall–Kier alpha value is -2.29. The van der Waals surface area contributed by atoms with Crippen LogP contribution < -0.4 is 0 Å². The second-order valence-electron chi connectivity index (χ2n) is 5.62. The summed E-state index contributed by atoms with van der Waals surface area (Å²) in [4.78, 5) is 27.1. The molecule has 0 amide bonds. The number of ketones is 1. The summed E-state index contributed by atoms with van der Waals surface area (Å²) in [6, 6.07) is 2.15. The summed E-state index contributed by atoms with van der Waals surface area (Å²) in [5, 5.41) is 20.6. The lowest BCUT2D eigenvalue weighted by atomic mass is 9.71. The van der Waals surface area contributed by atoms with Crippen molar-refractivity contribution in [1.82, 2.24) is 4.98 Å². The molecule has 110 valence electrons. The Balaban J connectivity index is 2.44. The highest BCUT2D eigenvalue weighted by atomic mass is 16.6. The van der Waals surface area contributed by atoms with Crippen molar-refractivity contribution >= 4 is 11.5 Å². The first kappa shape index (κ1) is 15.1. The molecule has 6 heteroatoms. The molecule has 0 N–H and O–H groups in total. The molecule has 1 aromatic heterocycles. The maximum absolute atomic E-state index is 12.2. The van der Waals surface area contributed by atoms with Gasteiger partial charge in [0, 0.05) is 30.2 Å². The first-order valence-corrected chi connectivity index (χ1v) is 6.95. The summed E-state index contributed by atoms with van der Waals surface area (Å²) in [6.45, 7) is 3.26. The summed E-state index contributed by atoms with van der Waals surface area (Å²) < 4.78 is 0. The molecule has 0 aromatic carbocycles. The molecule has 0 bridgehead atoms. The van der Waals surface area contributed by atoms with E-state index in [1.165, 1.54) is 6.20 Å². The third kappa shape index (κ3) is 2.64. The van der Waals surface area contributed by atoms with Crippen molar-refractivity contribution in [3.05, 3.63) is 33.1 Å². The summed E-state index contributed by atoms with van der Waals surface area (Å²) in [5.41, 5.74) is 0.370. The monoisotopic (exact) mass is 287 g/mol. The van der Waals surface area contributed by atoms with Gasteiger partial charge in [0.1, 0.15) is 5.41 Å². The van der Waals surface area contributed by atoms with Gasteiger partial charge in [-0.05, 0) is 26.7 Å². The van der Waals surface area contributed by atoms with Gasteiger partial charge in [-0.3, -0.25) is 19.9 Å². The highest BCUT2D eigenvalue weighted by Crippen LogP contribution is 2.37. The number of nitro groups is 1. The number of pyridine rings is 1. The Morgan fingerprint density at radius 2 is 2.19 bits per heavy atom. The van der Waals surface area contributed by atoms with Crippen LogP contribution in [0.2, 0.25) is 0 Å². The number of hydrogen-bond donors (Lipinski definition) is 0. The molecule has 0 saturated heterocycles. The molecule has 0 aliphatic heterocycles. The van der Waals surface area contributed by atoms with Crippen LogP contribution in [-0.4, -0.2) is 15.7 Å². The molecular weight excluding hydrogens is 270 g/mol. The fourth-order valence-corrected chi connectivity index (χ4v) is 2.95. The Morgan fingerprint density at radius 3 is 2.76 bits per heavy atom. The minimum absolute atomic E-state index is 0.0244. The maximum atomic E-state index is 12.2. The smallest absolute Gasteiger partial charge is 0.278 e. The third-order valence-corrected chi connectivity index (χ3v) is 4.23. The highest BCUT2D eigenvalue weighted by Gasteiger charge is 2.41. The second-order valence-corrected chi connectivity index (χ2v) is 5.62. The van der Waals surface area contributed by atoms with Crippen LogP contribution >= 0.6 is 0 Å². The van der Waals surface area contributed by atoms with Gasteiger partial charge in [-0.2, -0.15) is 5.26 Å². The zero-order chi connectivity index (χ0) is 15.6. The molecule has 1 aromatic rings. The second kappa shape index (κ2) is 5.60. The molecule has 1 atom stereocenters. The van der Waals surface area contributed by atoms with Crippen molar-refractivity contribution in [2.24, 2.45) is 5.41 Å². The van der Waals surface area contributed by atoms with Crippen molar-refractivity contribution in [2.45, 2.75) is 46.0 Å². The standard InChI is InChI=1S/C15H17N3O3/c1-10-8-17-12(11(2)14(10)18(20)21)7-15(9-16)6-4-3-5-13(15)19/h8H,3-7H2,1-2H3. The Bertz CT molecular complexity index is 648. The van der Waals surface area contributed by atoms with Crippen molar-refractivity contribution in [3.8, 4) is 6.07 Å². The van der Waals surface area contributed by atoms with Gasteiger partial charge in [0.15, 0.2) is 5.78 Å². The summed E-state index contributed by atoms with van der Waals surface area (Å²) >= 11 is 0. The van der Waals surface area contributed by atoms with Gasteiger partial charge in [0.25, 0.3) is 5.69 Å². The molecule has 0 radical (unpaired) electrons. The normalized spacial score (nSPS) is 21.9. The molecular formula is C15H17N3O3. The molecule has 1 fully saturated rings. The van der Waals surface area contributed by atoms with Crippen molar-refractivity contribution in [2.75, 3.05) is 0 Å². The van der Waals surface area contributed by atoms with Crippen molar-refractivity contribution in [3.63, 3.8) is 0 Å². The van der Waals surface area contributed by atoms with Gasteiger partial charge in [-0.25, -0.2) is 0 Å². The minimum Gasteiger partial charge on any atom is -0.298 e. The van der Waals surface area contributed by atoms with Crippen LogP contribution in [0, 0.1) is 40.7 Å². The number of hydrogen-bond acceptors (Lipinski definition) is 5. The number of carbonyl (C=O) groups excluding carboxylic acids is 1. The Kier molecular flexibility index (Phi) is 4.03. The summed E-state index contributed by atoms with van der Waals surface area (Å²) in [5.74, 6) is -0.0688. The highest BCUT2D eigenvalue weighted by molar-refractivity contribution is 5.88. The largest absolute Gasteiger partial charge is 0.298 e. The van der Waals surface area contributed by atoms with E-state index in [1.807, 2.05) is 0 Å².